The molecule has 0 unspecified atom stereocenters. The Kier molecular flexibility index (Phi) is 6.14. The van der Waals surface area contributed by atoms with Gasteiger partial charge in [0.15, 0.2) is 17.1 Å². The number of nitrogens with zero attached hydrogens (tertiary/aromatic N) is 7. The number of pyridine rings is 2. The predicted octanol–water partition coefficient (Wildman–Crippen LogP) is 4.73. The Hall–Kier alpha value is -4.17. The highest BCUT2D eigenvalue weighted by Crippen LogP contribution is 2.37. The molecule has 1 aliphatic rings. The molecule has 6 heterocycles. The normalized spacial score (nSPS) is 14.8. The van der Waals surface area contributed by atoms with Crippen molar-refractivity contribution in [3.05, 3.63) is 64.2 Å². The molecule has 0 radical (unpaired) electrons. The number of hydrogen-bond acceptors (Lipinski definition) is 8. The number of fused-ring (bicyclic) bond motifs is 2. The maximum absolute atomic E-state index is 13.7. The molecule has 0 atom stereocenters. The van der Waals surface area contributed by atoms with Crippen molar-refractivity contribution in [2.75, 3.05) is 18.5 Å². The van der Waals surface area contributed by atoms with E-state index in [0.717, 1.165) is 16.8 Å². The average molecular weight is 561 g/mol. The Morgan fingerprint density at radius 1 is 1.18 bits per heavy atom. The van der Waals surface area contributed by atoms with Crippen molar-refractivity contribution in [2.24, 2.45) is 7.05 Å². The van der Waals surface area contributed by atoms with E-state index >= 15 is 0 Å². The molecule has 0 aliphatic carbocycles. The minimum Gasteiger partial charge on any atom is -0.450 e. The molecular weight excluding hydrogens is 541 g/mol. The van der Waals surface area contributed by atoms with Gasteiger partial charge < -0.3 is 23.9 Å². The first-order chi connectivity index (χ1) is 18.7. The molecule has 0 aromatic carbocycles. The van der Waals surface area contributed by atoms with Gasteiger partial charge in [0.05, 0.1) is 24.2 Å². The van der Waals surface area contributed by atoms with E-state index in [2.05, 4.69) is 25.4 Å². The molecule has 6 rings (SSSR count). The van der Waals surface area contributed by atoms with Gasteiger partial charge in [-0.05, 0) is 18.9 Å². The number of imidazole rings is 1. The number of rotatable bonds is 5. The van der Waals surface area contributed by atoms with E-state index in [0.29, 0.717) is 42.8 Å². The first-order valence-corrected chi connectivity index (χ1v) is 12.2. The maximum Gasteiger partial charge on any atom is 0.417 e. The molecular formula is C24H20ClF3N8O3. The van der Waals surface area contributed by atoms with Crippen LogP contribution in [0, 0.1) is 0 Å². The topological polar surface area (TPSA) is 113 Å². The van der Waals surface area contributed by atoms with E-state index in [1.54, 1.807) is 30.2 Å². The highest BCUT2D eigenvalue weighted by Gasteiger charge is 2.33. The molecule has 0 amide bonds. The summed E-state index contributed by atoms with van der Waals surface area (Å²) in [6.07, 6.45) is 4.76. The minimum absolute atomic E-state index is 0.0756. The first-order valence-electron chi connectivity index (χ1n) is 11.8. The number of halogens is 4. The van der Waals surface area contributed by atoms with Crippen molar-refractivity contribution in [1.82, 2.24) is 33.7 Å². The number of aromatic nitrogens is 7. The third-order valence-corrected chi connectivity index (χ3v) is 6.88. The van der Waals surface area contributed by atoms with Gasteiger partial charge in [-0.1, -0.05) is 11.6 Å². The summed E-state index contributed by atoms with van der Waals surface area (Å²) < 4.78 is 56.7. The van der Waals surface area contributed by atoms with E-state index in [1.807, 2.05) is 0 Å². The van der Waals surface area contributed by atoms with Gasteiger partial charge in [-0.15, -0.1) is 0 Å². The predicted molar refractivity (Wildman–Crippen MR) is 135 cm³/mol. The first kappa shape index (κ1) is 25.1. The lowest BCUT2D eigenvalue weighted by atomic mass is 10.1. The summed E-state index contributed by atoms with van der Waals surface area (Å²) in [6, 6.07) is 0.362. The summed E-state index contributed by atoms with van der Waals surface area (Å²) in [5.74, 6) is 0.675. The smallest absolute Gasteiger partial charge is 0.417 e. The second kappa shape index (κ2) is 9.54. The molecule has 1 aliphatic heterocycles. The third-order valence-electron chi connectivity index (χ3n) is 6.52. The van der Waals surface area contributed by atoms with Crippen LogP contribution >= 0.6 is 11.6 Å². The molecule has 1 N–H and O–H groups in total. The van der Waals surface area contributed by atoms with Crippen LogP contribution in [-0.4, -0.2) is 46.9 Å². The zero-order chi connectivity index (χ0) is 27.3. The zero-order valence-corrected chi connectivity index (χ0v) is 21.1. The molecule has 0 saturated carbocycles. The summed E-state index contributed by atoms with van der Waals surface area (Å²) in [5, 5.41) is 7.12. The van der Waals surface area contributed by atoms with Crippen LogP contribution in [0.5, 0.6) is 11.5 Å². The van der Waals surface area contributed by atoms with Crippen LogP contribution in [0.4, 0.5) is 24.8 Å². The summed E-state index contributed by atoms with van der Waals surface area (Å²) in [4.78, 5) is 26.0. The second-order valence-electron chi connectivity index (χ2n) is 8.94. The van der Waals surface area contributed by atoms with Crippen LogP contribution in [0.15, 0.2) is 48.0 Å². The average Bonchev–Trinajstić information content (AvgIpc) is 3.47. The Morgan fingerprint density at radius 3 is 2.74 bits per heavy atom. The highest BCUT2D eigenvalue weighted by molar-refractivity contribution is 6.36. The molecule has 5 aromatic rings. The molecule has 5 aromatic heterocycles. The maximum atomic E-state index is 13.7. The number of alkyl halides is 3. The molecule has 202 valence electrons. The molecule has 1 fully saturated rings. The SMILES string of the molecule is Cn1c(Nc2cc(C(F)(F)F)cn(C3CCOCC3)c2=O)nc2ncc(Oc3cnn4ccncc34)c(Cl)c21. The zero-order valence-electron chi connectivity index (χ0n) is 20.3. The van der Waals surface area contributed by atoms with Crippen molar-refractivity contribution in [3.63, 3.8) is 0 Å². The third kappa shape index (κ3) is 4.55. The number of nitrogens with one attached hydrogen (secondary N) is 1. The minimum atomic E-state index is -4.66. The largest absolute Gasteiger partial charge is 0.450 e. The fourth-order valence-corrected chi connectivity index (χ4v) is 4.81. The van der Waals surface area contributed by atoms with Crippen LogP contribution in [0.1, 0.15) is 24.4 Å². The summed E-state index contributed by atoms with van der Waals surface area (Å²) >= 11 is 6.65. The van der Waals surface area contributed by atoms with Crippen molar-refractivity contribution < 1.29 is 22.6 Å². The lowest BCUT2D eigenvalue weighted by Crippen LogP contribution is -2.31. The van der Waals surface area contributed by atoms with E-state index < -0.39 is 23.3 Å². The Morgan fingerprint density at radius 2 is 1.97 bits per heavy atom. The molecule has 39 heavy (non-hydrogen) atoms. The molecule has 1 saturated heterocycles. The number of aryl methyl sites for hydroxylation is 1. The number of hydrogen-bond donors (Lipinski definition) is 1. The van der Waals surface area contributed by atoms with E-state index in [9.17, 15) is 18.0 Å². The Balaban J connectivity index is 1.38. The quantitative estimate of drug-likeness (QED) is 0.328. The van der Waals surface area contributed by atoms with Gasteiger partial charge in [-0.3, -0.25) is 9.78 Å². The summed E-state index contributed by atoms with van der Waals surface area (Å²) in [7, 11) is 1.60. The molecule has 0 bridgehead atoms. The second-order valence-corrected chi connectivity index (χ2v) is 9.32. The van der Waals surface area contributed by atoms with Crippen molar-refractivity contribution in [3.8, 4) is 11.5 Å². The fourth-order valence-electron chi connectivity index (χ4n) is 4.51. The van der Waals surface area contributed by atoms with E-state index in [1.165, 1.54) is 17.0 Å². The molecule has 15 heteroatoms. The fraction of sp³-hybridized carbons (Fsp3) is 0.292. The summed E-state index contributed by atoms with van der Waals surface area (Å²) in [5.41, 5.74) is -0.678. The van der Waals surface area contributed by atoms with Gasteiger partial charge in [-0.25, -0.2) is 9.50 Å². The van der Waals surface area contributed by atoms with Crippen LogP contribution in [0.25, 0.3) is 16.7 Å². The van der Waals surface area contributed by atoms with Gasteiger partial charge in [0, 0.05) is 44.9 Å². The van der Waals surface area contributed by atoms with Gasteiger partial charge in [-0.2, -0.15) is 23.3 Å². The van der Waals surface area contributed by atoms with E-state index in [-0.39, 0.29) is 28.1 Å². The van der Waals surface area contributed by atoms with Crippen molar-refractivity contribution in [1.29, 1.82) is 0 Å². The lowest BCUT2D eigenvalue weighted by Gasteiger charge is -2.25. The van der Waals surface area contributed by atoms with Crippen LogP contribution in [0.2, 0.25) is 5.02 Å². The van der Waals surface area contributed by atoms with Crippen LogP contribution < -0.4 is 15.6 Å². The monoisotopic (exact) mass is 560 g/mol. The van der Waals surface area contributed by atoms with Gasteiger partial charge in [0.2, 0.25) is 5.95 Å². The number of anilines is 2. The Bertz CT molecular complexity index is 1760. The van der Waals surface area contributed by atoms with Gasteiger partial charge in [0.25, 0.3) is 5.56 Å². The number of ether oxygens (including phenoxy) is 2. The van der Waals surface area contributed by atoms with E-state index in [4.69, 9.17) is 21.1 Å². The molecule has 0 spiro atoms. The van der Waals surface area contributed by atoms with Crippen LogP contribution in [-0.2, 0) is 18.0 Å². The van der Waals surface area contributed by atoms with Crippen molar-refractivity contribution >= 4 is 39.9 Å². The molecule has 11 nitrogen and oxygen atoms in total. The van der Waals surface area contributed by atoms with Gasteiger partial charge in [0.1, 0.15) is 21.7 Å². The summed E-state index contributed by atoms with van der Waals surface area (Å²) in [6.45, 7) is 0.725. The van der Waals surface area contributed by atoms with Crippen molar-refractivity contribution in [2.45, 2.75) is 25.1 Å². The lowest BCUT2D eigenvalue weighted by molar-refractivity contribution is -0.138. The Labute approximate surface area is 222 Å². The highest BCUT2D eigenvalue weighted by atomic mass is 35.5. The van der Waals surface area contributed by atoms with Crippen LogP contribution in [0.3, 0.4) is 0 Å². The van der Waals surface area contributed by atoms with Gasteiger partial charge >= 0.3 is 6.18 Å². The standard InChI is InChI=1S/C24H20ClF3N8O3/c1-34-20-19(25)18(39-17-11-31-36-5-4-29-9-16(17)36)10-30-21(20)33-23(34)32-15-8-13(24(26,27)28)12-35(22(15)37)14-2-6-38-7-3-14/h4-5,8-12,14H,2-3,6-7H2,1H3,(H,30,32,33).